The molecule has 7 heteroatoms. The average Bonchev–Trinajstić information content (AvgIpc) is 2.41. The lowest BCUT2D eigenvalue weighted by Gasteiger charge is -2.09. The third kappa shape index (κ3) is 3.26. The molecule has 4 nitrogen and oxygen atoms in total. The molecular weight excluding hydrogens is 351 g/mol. The minimum atomic E-state index is -0.526. The molecule has 0 atom stereocenters. The van der Waals surface area contributed by atoms with Gasteiger partial charge in [-0.25, -0.2) is 4.39 Å². The number of nitro benzene ring substituents is 1. The van der Waals surface area contributed by atoms with Gasteiger partial charge in [0, 0.05) is 22.6 Å². The highest BCUT2D eigenvalue weighted by molar-refractivity contribution is 9.10. The van der Waals surface area contributed by atoms with Crippen molar-refractivity contribution in [1.29, 1.82) is 0 Å². The molecule has 0 radical (unpaired) electrons. The van der Waals surface area contributed by atoms with E-state index in [9.17, 15) is 14.5 Å². The molecule has 20 heavy (non-hydrogen) atoms. The summed E-state index contributed by atoms with van der Waals surface area (Å²) in [7, 11) is 0. The van der Waals surface area contributed by atoms with Crippen molar-refractivity contribution in [2.75, 3.05) is 5.32 Å². The largest absolute Gasteiger partial charge is 0.375 e. The van der Waals surface area contributed by atoms with Crippen molar-refractivity contribution in [2.45, 2.75) is 6.54 Å². The van der Waals surface area contributed by atoms with Gasteiger partial charge in [-0.15, -0.1) is 0 Å². The Morgan fingerprint density at radius 2 is 2.10 bits per heavy atom. The lowest BCUT2D eigenvalue weighted by Crippen LogP contribution is -2.04. The molecule has 0 saturated carbocycles. The summed E-state index contributed by atoms with van der Waals surface area (Å²) in [6, 6.07) is 9.25. The number of benzene rings is 2. The highest BCUT2D eigenvalue weighted by Crippen LogP contribution is 2.28. The number of hydrogen-bond donors (Lipinski definition) is 1. The minimum absolute atomic E-state index is 0.0228. The van der Waals surface area contributed by atoms with Crippen LogP contribution in [0.1, 0.15) is 5.56 Å². The van der Waals surface area contributed by atoms with Gasteiger partial charge in [-0.1, -0.05) is 39.7 Å². The van der Waals surface area contributed by atoms with Crippen LogP contribution >= 0.6 is 27.5 Å². The van der Waals surface area contributed by atoms with E-state index in [1.807, 2.05) is 0 Å². The van der Waals surface area contributed by atoms with Crippen LogP contribution in [0.5, 0.6) is 0 Å². The Kier molecular flexibility index (Phi) is 4.57. The molecule has 0 fully saturated rings. The van der Waals surface area contributed by atoms with E-state index in [1.165, 1.54) is 12.1 Å². The normalized spacial score (nSPS) is 10.3. The summed E-state index contributed by atoms with van der Waals surface area (Å²) >= 11 is 8.85. The lowest BCUT2D eigenvalue weighted by atomic mass is 10.2. The maximum Gasteiger partial charge on any atom is 0.293 e. The Hall–Kier alpha value is -1.66. The number of halogens is 3. The zero-order valence-electron chi connectivity index (χ0n) is 10.1. The van der Waals surface area contributed by atoms with Gasteiger partial charge in [-0.05, 0) is 18.2 Å². The van der Waals surface area contributed by atoms with Crippen LogP contribution in [0.2, 0.25) is 5.02 Å². The minimum Gasteiger partial charge on any atom is -0.375 e. The first-order chi connectivity index (χ1) is 9.49. The van der Waals surface area contributed by atoms with Gasteiger partial charge in [0.2, 0.25) is 0 Å². The van der Waals surface area contributed by atoms with E-state index in [0.717, 1.165) is 0 Å². The van der Waals surface area contributed by atoms with Gasteiger partial charge < -0.3 is 5.32 Å². The molecular formula is C13H9BrClFN2O2. The topological polar surface area (TPSA) is 55.2 Å². The van der Waals surface area contributed by atoms with Crippen molar-refractivity contribution < 1.29 is 9.31 Å². The van der Waals surface area contributed by atoms with Gasteiger partial charge in [0.15, 0.2) is 0 Å². The molecule has 2 aromatic rings. The summed E-state index contributed by atoms with van der Waals surface area (Å²) in [5.74, 6) is -0.526. The molecule has 0 amide bonds. The first-order valence-corrected chi connectivity index (χ1v) is 6.77. The highest BCUT2D eigenvalue weighted by atomic mass is 79.9. The monoisotopic (exact) mass is 358 g/mol. The van der Waals surface area contributed by atoms with Crippen molar-refractivity contribution in [2.24, 2.45) is 0 Å². The molecule has 0 aliphatic carbocycles. The SMILES string of the molecule is O=[N+]([O-])c1cc(Br)ccc1NCc1cccc(Cl)c1F. The van der Waals surface area contributed by atoms with Crippen LogP contribution in [-0.4, -0.2) is 4.92 Å². The fraction of sp³-hybridized carbons (Fsp3) is 0.0769. The Morgan fingerprint density at radius 1 is 1.35 bits per heavy atom. The van der Waals surface area contributed by atoms with Gasteiger partial charge in [-0.2, -0.15) is 0 Å². The summed E-state index contributed by atoms with van der Waals surface area (Å²) in [5, 5.41) is 13.8. The van der Waals surface area contributed by atoms with Crippen LogP contribution in [0, 0.1) is 15.9 Å². The number of hydrogen-bond acceptors (Lipinski definition) is 3. The van der Waals surface area contributed by atoms with E-state index in [0.29, 0.717) is 15.7 Å². The summed E-state index contributed by atoms with van der Waals surface area (Å²) in [6.07, 6.45) is 0. The molecule has 2 aromatic carbocycles. The molecule has 0 aliphatic heterocycles. The third-order valence-corrected chi connectivity index (χ3v) is 3.44. The molecule has 0 heterocycles. The van der Waals surface area contributed by atoms with Crippen molar-refractivity contribution in [3.63, 3.8) is 0 Å². The summed E-state index contributed by atoms with van der Waals surface area (Å²) in [6.45, 7) is 0.106. The number of nitrogens with zero attached hydrogens (tertiary/aromatic N) is 1. The van der Waals surface area contributed by atoms with Crippen LogP contribution in [0.25, 0.3) is 0 Å². The standard InChI is InChI=1S/C13H9BrClFN2O2/c14-9-4-5-11(12(6-9)18(19)20)17-7-8-2-1-3-10(15)13(8)16/h1-6,17H,7H2. The van der Waals surface area contributed by atoms with E-state index in [4.69, 9.17) is 11.6 Å². The van der Waals surface area contributed by atoms with Crippen LogP contribution in [-0.2, 0) is 6.54 Å². The maximum atomic E-state index is 13.7. The molecule has 2 rings (SSSR count). The number of anilines is 1. The molecule has 0 spiro atoms. The summed E-state index contributed by atoms with van der Waals surface area (Å²) in [5.41, 5.74) is 0.578. The Labute approximate surface area is 127 Å². The molecule has 0 unspecified atom stereocenters. The second-order valence-corrected chi connectivity index (χ2v) is 5.31. The fourth-order valence-corrected chi connectivity index (χ4v) is 2.22. The van der Waals surface area contributed by atoms with Crippen molar-refractivity contribution in [1.82, 2.24) is 0 Å². The number of rotatable bonds is 4. The van der Waals surface area contributed by atoms with E-state index in [-0.39, 0.29) is 17.3 Å². The van der Waals surface area contributed by atoms with Gasteiger partial charge >= 0.3 is 0 Å². The first-order valence-electron chi connectivity index (χ1n) is 5.59. The summed E-state index contributed by atoms with van der Waals surface area (Å²) in [4.78, 5) is 10.5. The van der Waals surface area contributed by atoms with Crippen LogP contribution in [0.4, 0.5) is 15.8 Å². The molecule has 0 aliphatic rings. The van der Waals surface area contributed by atoms with E-state index < -0.39 is 10.7 Å². The van der Waals surface area contributed by atoms with Gasteiger partial charge in [0.25, 0.3) is 5.69 Å². The Morgan fingerprint density at radius 3 is 2.80 bits per heavy atom. The zero-order chi connectivity index (χ0) is 14.7. The fourth-order valence-electron chi connectivity index (χ4n) is 1.68. The smallest absolute Gasteiger partial charge is 0.293 e. The molecule has 0 saturated heterocycles. The Balaban J connectivity index is 2.23. The van der Waals surface area contributed by atoms with E-state index >= 15 is 0 Å². The second-order valence-electron chi connectivity index (χ2n) is 3.99. The average molecular weight is 360 g/mol. The van der Waals surface area contributed by atoms with Crippen LogP contribution in [0.3, 0.4) is 0 Å². The maximum absolute atomic E-state index is 13.7. The third-order valence-electron chi connectivity index (χ3n) is 2.66. The van der Waals surface area contributed by atoms with Gasteiger partial charge in [-0.3, -0.25) is 10.1 Å². The number of nitrogens with one attached hydrogen (secondary N) is 1. The second kappa shape index (κ2) is 6.19. The van der Waals surface area contributed by atoms with E-state index in [2.05, 4.69) is 21.2 Å². The molecule has 0 bridgehead atoms. The predicted octanol–water partition coefficient (Wildman–Crippen LogP) is 4.76. The van der Waals surface area contributed by atoms with Crippen LogP contribution < -0.4 is 5.32 Å². The van der Waals surface area contributed by atoms with Crippen LogP contribution in [0.15, 0.2) is 40.9 Å². The van der Waals surface area contributed by atoms with Crippen molar-refractivity contribution in [3.05, 3.63) is 67.4 Å². The first kappa shape index (κ1) is 14.7. The Bertz CT molecular complexity index is 667. The summed E-state index contributed by atoms with van der Waals surface area (Å²) < 4.78 is 14.3. The van der Waals surface area contributed by atoms with E-state index in [1.54, 1.807) is 24.3 Å². The molecule has 1 N–H and O–H groups in total. The predicted molar refractivity (Wildman–Crippen MR) is 79.5 cm³/mol. The molecule has 0 aromatic heterocycles. The van der Waals surface area contributed by atoms with Crippen molar-refractivity contribution >= 4 is 38.9 Å². The van der Waals surface area contributed by atoms with Crippen molar-refractivity contribution in [3.8, 4) is 0 Å². The van der Waals surface area contributed by atoms with Gasteiger partial charge in [0.05, 0.1) is 9.95 Å². The highest BCUT2D eigenvalue weighted by Gasteiger charge is 2.14. The number of nitro groups is 1. The van der Waals surface area contributed by atoms with Gasteiger partial charge in [0.1, 0.15) is 11.5 Å². The quantitative estimate of drug-likeness (QED) is 0.632. The zero-order valence-corrected chi connectivity index (χ0v) is 12.4. The lowest BCUT2D eigenvalue weighted by molar-refractivity contribution is -0.384. The molecule has 104 valence electrons.